The fraction of sp³-hybridized carbons (Fsp3) is 0.303. The van der Waals surface area contributed by atoms with Gasteiger partial charge in [0.1, 0.15) is 0 Å². The van der Waals surface area contributed by atoms with E-state index in [1.807, 2.05) is 25.2 Å². The number of ketones is 1. The van der Waals surface area contributed by atoms with Crippen LogP contribution in [0.15, 0.2) is 115 Å². The molecule has 0 saturated heterocycles. The molecule has 36 heavy (non-hydrogen) atoms. The maximum atomic E-state index is 14.1. The van der Waals surface area contributed by atoms with E-state index in [1.54, 1.807) is 0 Å². The lowest BCUT2D eigenvalue weighted by Crippen LogP contribution is -2.44. The van der Waals surface area contributed by atoms with Crippen molar-refractivity contribution in [1.29, 1.82) is 0 Å². The molecule has 3 nitrogen and oxygen atoms in total. The molecule has 4 rings (SSSR count). The van der Waals surface area contributed by atoms with E-state index < -0.39 is 0 Å². The molecule has 1 aliphatic rings. The van der Waals surface area contributed by atoms with Gasteiger partial charge in [-0.05, 0) is 49.4 Å². The second-order valence-corrected chi connectivity index (χ2v) is 9.70. The van der Waals surface area contributed by atoms with Crippen molar-refractivity contribution in [2.75, 3.05) is 7.05 Å². The smallest absolute Gasteiger partial charge is 0.151 e. The van der Waals surface area contributed by atoms with E-state index in [-0.39, 0.29) is 12.1 Å². The van der Waals surface area contributed by atoms with E-state index in [0.717, 1.165) is 32.4 Å². The summed E-state index contributed by atoms with van der Waals surface area (Å²) in [6, 6.07) is 31.4. The van der Waals surface area contributed by atoms with Crippen LogP contribution in [0.4, 0.5) is 0 Å². The number of benzene rings is 3. The highest BCUT2D eigenvalue weighted by Crippen LogP contribution is 2.22. The maximum absolute atomic E-state index is 14.1. The van der Waals surface area contributed by atoms with Gasteiger partial charge in [-0.1, -0.05) is 115 Å². The van der Waals surface area contributed by atoms with Gasteiger partial charge in [-0.25, -0.2) is 0 Å². The van der Waals surface area contributed by atoms with Gasteiger partial charge in [0.15, 0.2) is 5.78 Å². The molecule has 3 aromatic rings. The van der Waals surface area contributed by atoms with Gasteiger partial charge in [0.25, 0.3) is 0 Å². The van der Waals surface area contributed by atoms with E-state index in [2.05, 4.69) is 101 Å². The fourth-order valence-corrected chi connectivity index (χ4v) is 4.95. The summed E-state index contributed by atoms with van der Waals surface area (Å²) in [7, 11) is 1.98. The van der Waals surface area contributed by atoms with Crippen LogP contribution in [0, 0.1) is 0 Å². The van der Waals surface area contributed by atoms with Gasteiger partial charge < -0.3 is 5.32 Å². The molecule has 0 aliphatic heterocycles. The first kappa shape index (κ1) is 25.8. The van der Waals surface area contributed by atoms with E-state index in [0.29, 0.717) is 18.6 Å². The lowest BCUT2D eigenvalue weighted by Gasteiger charge is -2.32. The Balaban J connectivity index is 1.60. The van der Waals surface area contributed by atoms with Crippen molar-refractivity contribution in [2.45, 2.75) is 57.3 Å². The van der Waals surface area contributed by atoms with Crippen molar-refractivity contribution < 1.29 is 4.79 Å². The van der Waals surface area contributed by atoms with Crippen LogP contribution in [0.3, 0.4) is 0 Å². The second kappa shape index (κ2) is 13.7. The molecule has 0 unspecified atom stereocenters. The molecule has 0 aromatic heterocycles. The third-order valence-corrected chi connectivity index (χ3v) is 6.95. The molecular formula is C33H38N2O. The largest absolute Gasteiger partial charge is 0.316 e. The van der Waals surface area contributed by atoms with Crippen LogP contribution < -0.4 is 5.32 Å². The molecule has 0 bridgehead atoms. The average Bonchev–Trinajstić information content (AvgIpc) is 2.93. The normalized spacial score (nSPS) is 14.9. The third kappa shape index (κ3) is 7.87. The molecule has 1 aliphatic carbocycles. The predicted octanol–water partition coefficient (Wildman–Crippen LogP) is 6.51. The SMILES string of the molecule is CN[C@H](CC(=O)[C@H](Cc1ccccc1)N(Cc1ccccc1)Cc1ccccc1)CC1=CCCC=C1. The van der Waals surface area contributed by atoms with E-state index in [1.165, 1.54) is 22.3 Å². The lowest BCUT2D eigenvalue weighted by atomic mass is 9.92. The van der Waals surface area contributed by atoms with Crippen molar-refractivity contribution >= 4 is 5.78 Å². The summed E-state index contributed by atoms with van der Waals surface area (Å²) in [5, 5.41) is 3.42. The van der Waals surface area contributed by atoms with Crippen molar-refractivity contribution in [2.24, 2.45) is 0 Å². The lowest BCUT2D eigenvalue weighted by molar-refractivity contribution is -0.125. The Morgan fingerprint density at radius 2 is 1.33 bits per heavy atom. The van der Waals surface area contributed by atoms with Crippen molar-refractivity contribution in [3.63, 3.8) is 0 Å². The molecule has 186 valence electrons. The highest BCUT2D eigenvalue weighted by Gasteiger charge is 2.28. The first-order valence-electron chi connectivity index (χ1n) is 13.1. The van der Waals surface area contributed by atoms with Crippen LogP contribution >= 0.6 is 0 Å². The van der Waals surface area contributed by atoms with Crippen molar-refractivity contribution in [3.05, 3.63) is 131 Å². The summed E-state index contributed by atoms with van der Waals surface area (Å²) in [4.78, 5) is 16.4. The molecule has 0 spiro atoms. The third-order valence-electron chi connectivity index (χ3n) is 6.95. The summed E-state index contributed by atoms with van der Waals surface area (Å²) >= 11 is 0. The van der Waals surface area contributed by atoms with Gasteiger partial charge in [0.2, 0.25) is 0 Å². The van der Waals surface area contributed by atoms with Crippen LogP contribution in [0.25, 0.3) is 0 Å². The number of nitrogens with one attached hydrogen (secondary N) is 1. The Morgan fingerprint density at radius 1 is 0.778 bits per heavy atom. The zero-order chi connectivity index (χ0) is 25.0. The molecule has 0 radical (unpaired) electrons. The standard InChI is InChI=1S/C33H38N2O/c1-34-31(22-27-14-6-2-7-15-27)24-33(36)32(23-28-16-8-3-9-17-28)35(25-29-18-10-4-11-19-29)26-30-20-12-5-13-21-30/h3-6,8-21,31-32,34H,2,7,22-26H2,1H3/t31-,32-/m0/s1. The van der Waals surface area contributed by atoms with Gasteiger partial charge in [0, 0.05) is 25.6 Å². The summed E-state index contributed by atoms with van der Waals surface area (Å²) in [5.41, 5.74) is 4.98. The minimum absolute atomic E-state index is 0.125. The minimum atomic E-state index is -0.209. The van der Waals surface area contributed by atoms with Gasteiger partial charge in [-0.2, -0.15) is 0 Å². The summed E-state index contributed by atoms with van der Waals surface area (Å²) in [5.74, 6) is 0.297. The monoisotopic (exact) mass is 478 g/mol. The molecule has 0 fully saturated rings. The van der Waals surface area contributed by atoms with Crippen LogP contribution in [0.1, 0.15) is 42.4 Å². The molecule has 3 heteroatoms. The molecule has 3 aromatic carbocycles. The summed E-state index contributed by atoms with van der Waals surface area (Å²) in [6.45, 7) is 1.47. The summed E-state index contributed by atoms with van der Waals surface area (Å²) < 4.78 is 0. The minimum Gasteiger partial charge on any atom is -0.316 e. The Bertz CT molecular complexity index is 1080. The van der Waals surface area contributed by atoms with Crippen LogP contribution in [0.5, 0.6) is 0 Å². The first-order chi connectivity index (χ1) is 17.7. The molecular weight excluding hydrogens is 440 g/mol. The number of rotatable bonds is 13. The zero-order valence-corrected chi connectivity index (χ0v) is 21.4. The Kier molecular flexibility index (Phi) is 9.84. The number of allylic oxidation sites excluding steroid dienone is 3. The van der Waals surface area contributed by atoms with Gasteiger partial charge in [0.05, 0.1) is 6.04 Å². The quantitative estimate of drug-likeness (QED) is 0.304. The highest BCUT2D eigenvalue weighted by atomic mass is 16.1. The van der Waals surface area contributed by atoms with Gasteiger partial charge in [-0.3, -0.25) is 9.69 Å². The highest BCUT2D eigenvalue weighted by molar-refractivity contribution is 5.85. The van der Waals surface area contributed by atoms with E-state index in [4.69, 9.17) is 0 Å². The van der Waals surface area contributed by atoms with Gasteiger partial charge >= 0.3 is 0 Å². The average molecular weight is 479 g/mol. The maximum Gasteiger partial charge on any atom is 0.151 e. The number of nitrogens with zero attached hydrogens (tertiary/aromatic N) is 1. The number of hydrogen-bond donors (Lipinski definition) is 1. The molecule has 0 saturated carbocycles. The number of carbonyl (C=O) groups is 1. The zero-order valence-electron chi connectivity index (χ0n) is 21.4. The van der Waals surface area contributed by atoms with Crippen LogP contribution in [-0.4, -0.2) is 29.8 Å². The van der Waals surface area contributed by atoms with Crippen LogP contribution in [-0.2, 0) is 24.3 Å². The topological polar surface area (TPSA) is 32.3 Å². The van der Waals surface area contributed by atoms with Crippen molar-refractivity contribution in [1.82, 2.24) is 10.2 Å². The Labute approximate surface area is 216 Å². The number of hydrogen-bond acceptors (Lipinski definition) is 3. The fourth-order valence-electron chi connectivity index (χ4n) is 4.95. The Hall–Kier alpha value is -3.27. The van der Waals surface area contributed by atoms with Gasteiger partial charge in [-0.15, -0.1) is 0 Å². The van der Waals surface area contributed by atoms with Crippen LogP contribution in [0.2, 0.25) is 0 Å². The predicted molar refractivity (Wildman–Crippen MR) is 150 cm³/mol. The molecule has 1 N–H and O–H groups in total. The molecule has 2 atom stereocenters. The number of Topliss-reactive ketones (excluding diaryl/α,β-unsaturated/α-hetero) is 1. The first-order valence-corrected chi connectivity index (χ1v) is 13.1. The van der Waals surface area contributed by atoms with Crippen molar-refractivity contribution in [3.8, 4) is 0 Å². The Morgan fingerprint density at radius 3 is 1.83 bits per heavy atom. The van der Waals surface area contributed by atoms with E-state index in [9.17, 15) is 4.79 Å². The molecule has 0 heterocycles. The molecule has 0 amide bonds. The summed E-state index contributed by atoms with van der Waals surface area (Å²) in [6.07, 6.45) is 11.1. The second-order valence-electron chi connectivity index (χ2n) is 9.70. The number of carbonyl (C=O) groups excluding carboxylic acids is 1. The van der Waals surface area contributed by atoms with E-state index >= 15 is 0 Å².